The van der Waals surface area contributed by atoms with Crippen molar-refractivity contribution in [2.45, 2.75) is 6.54 Å². The summed E-state index contributed by atoms with van der Waals surface area (Å²) in [6.45, 7) is 0.637. The Hall–Kier alpha value is -1.82. The molecule has 0 amide bonds. The van der Waals surface area contributed by atoms with Crippen molar-refractivity contribution >= 4 is 21.8 Å². The Labute approximate surface area is 107 Å². The molecule has 2 aromatic rings. The van der Waals surface area contributed by atoms with Crippen molar-refractivity contribution in [2.75, 3.05) is 0 Å². The second-order valence-electron chi connectivity index (χ2n) is 3.54. The zero-order chi connectivity index (χ0) is 12.3. The van der Waals surface area contributed by atoms with E-state index in [1.54, 1.807) is 16.9 Å². The van der Waals surface area contributed by atoms with Gasteiger partial charge in [0, 0.05) is 11.8 Å². The van der Waals surface area contributed by atoms with Crippen molar-refractivity contribution in [3.63, 3.8) is 0 Å². The smallest absolute Gasteiger partial charge is 0.170 e. The molecule has 6 heteroatoms. The zero-order valence-corrected chi connectivity index (χ0v) is 10.5. The molecule has 88 valence electrons. The highest BCUT2D eigenvalue weighted by Crippen LogP contribution is 2.10. The summed E-state index contributed by atoms with van der Waals surface area (Å²) in [5, 5.41) is 15.8. The summed E-state index contributed by atoms with van der Waals surface area (Å²) in [4.78, 5) is 0. The molecule has 5 nitrogen and oxygen atoms in total. The van der Waals surface area contributed by atoms with Gasteiger partial charge in [-0.25, -0.2) is 0 Å². The highest BCUT2D eigenvalue weighted by Gasteiger charge is 2.02. The van der Waals surface area contributed by atoms with E-state index in [-0.39, 0.29) is 5.84 Å². The Morgan fingerprint density at radius 2 is 2.35 bits per heavy atom. The lowest BCUT2D eigenvalue weighted by molar-refractivity contribution is 0.318. The molecule has 0 spiro atoms. The number of rotatable bonds is 3. The first-order valence-electron chi connectivity index (χ1n) is 4.94. The quantitative estimate of drug-likeness (QED) is 0.392. The average Bonchev–Trinajstić information content (AvgIpc) is 2.74. The van der Waals surface area contributed by atoms with Crippen LogP contribution in [0.2, 0.25) is 0 Å². The van der Waals surface area contributed by atoms with Crippen LogP contribution in [0.4, 0.5) is 0 Å². The first kappa shape index (κ1) is 11.7. The predicted molar refractivity (Wildman–Crippen MR) is 68.0 cm³/mol. The summed E-state index contributed by atoms with van der Waals surface area (Å²) >= 11 is 3.34. The van der Waals surface area contributed by atoms with Gasteiger partial charge in [-0.2, -0.15) is 5.10 Å². The van der Waals surface area contributed by atoms with Crippen LogP contribution in [-0.4, -0.2) is 20.8 Å². The molecule has 3 N–H and O–H groups in total. The Kier molecular flexibility index (Phi) is 3.43. The molecule has 2 rings (SSSR count). The molecule has 0 aliphatic heterocycles. The number of halogens is 1. The van der Waals surface area contributed by atoms with Crippen molar-refractivity contribution in [3.8, 4) is 0 Å². The highest BCUT2D eigenvalue weighted by molar-refractivity contribution is 9.10. The van der Waals surface area contributed by atoms with Crippen LogP contribution in [0, 0.1) is 0 Å². The molecular weight excluding hydrogens is 284 g/mol. The molecule has 0 atom stereocenters. The molecule has 0 aliphatic rings. The van der Waals surface area contributed by atoms with Gasteiger partial charge < -0.3 is 10.9 Å². The summed E-state index contributed by atoms with van der Waals surface area (Å²) in [6.07, 6.45) is 3.61. The van der Waals surface area contributed by atoms with Crippen LogP contribution >= 0.6 is 15.9 Å². The van der Waals surface area contributed by atoms with Crippen LogP contribution in [0.1, 0.15) is 11.1 Å². The minimum absolute atomic E-state index is 0.105. The summed E-state index contributed by atoms with van der Waals surface area (Å²) in [5.74, 6) is 0.105. The largest absolute Gasteiger partial charge is 0.409 e. The van der Waals surface area contributed by atoms with Crippen molar-refractivity contribution in [3.05, 3.63) is 52.3 Å². The maximum atomic E-state index is 8.61. The second-order valence-corrected chi connectivity index (χ2v) is 4.46. The maximum Gasteiger partial charge on any atom is 0.170 e. The minimum Gasteiger partial charge on any atom is -0.409 e. The monoisotopic (exact) mass is 294 g/mol. The van der Waals surface area contributed by atoms with E-state index in [1.807, 2.05) is 24.4 Å². The third kappa shape index (κ3) is 2.85. The average molecular weight is 295 g/mol. The van der Waals surface area contributed by atoms with Crippen LogP contribution < -0.4 is 5.73 Å². The summed E-state index contributed by atoms with van der Waals surface area (Å²) in [5.41, 5.74) is 7.25. The Morgan fingerprint density at radius 1 is 1.53 bits per heavy atom. The molecule has 1 aromatic heterocycles. The molecule has 1 heterocycles. The SMILES string of the molecule is N/C(=N\O)c1cccc(Cn2cc(Br)cn2)c1. The van der Waals surface area contributed by atoms with Gasteiger partial charge in [0.05, 0.1) is 17.2 Å². The molecule has 0 saturated heterocycles. The predicted octanol–water partition coefficient (Wildman–Crippen LogP) is 1.79. The molecule has 0 bridgehead atoms. The standard InChI is InChI=1S/C11H11BrN4O/c12-10-5-14-16(7-10)6-8-2-1-3-9(4-8)11(13)15-17/h1-5,7,17H,6H2,(H2,13,15). The molecular formula is C11H11BrN4O. The third-order valence-electron chi connectivity index (χ3n) is 2.28. The lowest BCUT2D eigenvalue weighted by Crippen LogP contribution is -2.13. The maximum absolute atomic E-state index is 8.61. The highest BCUT2D eigenvalue weighted by atomic mass is 79.9. The molecule has 0 radical (unpaired) electrons. The number of aromatic nitrogens is 2. The van der Waals surface area contributed by atoms with E-state index in [4.69, 9.17) is 10.9 Å². The van der Waals surface area contributed by atoms with E-state index in [0.29, 0.717) is 12.1 Å². The Bertz CT molecular complexity index is 550. The first-order chi connectivity index (χ1) is 8.19. The molecule has 0 fully saturated rings. The molecule has 1 aromatic carbocycles. The van der Waals surface area contributed by atoms with Gasteiger partial charge in [-0.05, 0) is 27.6 Å². The van der Waals surface area contributed by atoms with Crippen LogP contribution in [0.3, 0.4) is 0 Å². The number of benzene rings is 1. The summed E-state index contributed by atoms with van der Waals surface area (Å²) in [7, 11) is 0. The number of hydrogen-bond acceptors (Lipinski definition) is 3. The van der Waals surface area contributed by atoms with E-state index in [0.717, 1.165) is 10.0 Å². The van der Waals surface area contributed by atoms with Gasteiger partial charge in [-0.3, -0.25) is 4.68 Å². The third-order valence-corrected chi connectivity index (χ3v) is 2.69. The van der Waals surface area contributed by atoms with Crippen LogP contribution in [0.25, 0.3) is 0 Å². The number of amidine groups is 1. The van der Waals surface area contributed by atoms with Crippen molar-refractivity contribution in [1.29, 1.82) is 0 Å². The molecule has 17 heavy (non-hydrogen) atoms. The van der Waals surface area contributed by atoms with Crippen LogP contribution in [0.15, 0.2) is 46.3 Å². The van der Waals surface area contributed by atoms with Gasteiger partial charge in [0.2, 0.25) is 0 Å². The number of oxime groups is 1. The Morgan fingerprint density at radius 3 is 3.00 bits per heavy atom. The van der Waals surface area contributed by atoms with Gasteiger partial charge >= 0.3 is 0 Å². The number of nitrogens with zero attached hydrogens (tertiary/aromatic N) is 3. The van der Waals surface area contributed by atoms with Gasteiger partial charge in [0.15, 0.2) is 5.84 Å². The second kappa shape index (κ2) is 5.01. The Balaban J connectivity index is 2.22. The lowest BCUT2D eigenvalue weighted by atomic mass is 10.1. The molecule has 0 saturated carbocycles. The fraction of sp³-hybridized carbons (Fsp3) is 0.0909. The van der Waals surface area contributed by atoms with E-state index < -0.39 is 0 Å². The van der Waals surface area contributed by atoms with Crippen molar-refractivity contribution in [2.24, 2.45) is 10.9 Å². The van der Waals surface area contributed by atoms with Crippen molar-refractivity contribution in [1.82, 2.24) is 9.78 Å². The topological polar surface area (TPSA) is 76.4 Å². The van der Waals surface area contributed by atoms with E-state index >= 15 is 0 Å². The fourth-order valence-electron chi connectivity index (χ4n) is 1.50. The first-order valence-corrected chi connectivity index (χ1v) is 5.73. The van der Waals surface area contributed by atoms with Crippen molar-refractivity contribution < 1.29 is 5.21 Å². The van der Waals surface area contributed by atoms with E-state index in [9.17, 15) is 0 Å². The molecule has 0 unspecified atom stereocenters. The summed E-state index contributed by atoms with van der Waals surface area (Å²) < 4.78 is 2.74. The normalized spacial score (nSPS) is 11.7. The summed E-state index contributed by atoms with van der Waals surface area (Å²) in [6, 6.07) is 7.48. The minimum atomic E-state index is 0.105. The van der Waals surface area contributed by atoms with E-state index in [1.165, 1.54) is 0 Å². The molecule has 0 aliphatic carbocycles. The number of nitrogens with two attached hydrogens (primary N) is 1. The van der Waals surface area contributed by atoms with Crippen LogP contribution in [-0.2, 0) is 6.54 Å². The lowest BCUT2D eigenvalue weighted by Gasteiger charge is -2.04. The van der Waals surface area contributed by atoms with E-state index in [2.05, 4.69) is 26.2 Å². The van der Waals surface area contributed by atoms with Gasteiger partial charge in [0.25, 0.3) is 0 Å². The van der Waals surface area contributed by atoms with Gasteiger partial charge in [-0.15, -0.1) is 0 Å². The number of hydrogen-bond donors (Lipinski definition) is 2. The van der Waals surface area contributed by atoms with Gasteiger partial charge in [0.1, 0.15) is 0 Å². The van der Waals surface area contributed by atoms with Crippen LogP contribution in [0.5, 0.6) is 0 Å². The zero-order valence-electron chi connectivity index (χ0n) is 8.92. The fourth-order valence-corrected chi connectivity index (χ4v) is 1.83. The van der Waals surface area contributed by atoms with Gasteiger partial charge in [-0.1, -0.05) is 23.4 Å².